The molecule has 8 heteroatoms. The van der Waals surface area contributed by atoms with E-state index < -0.39 is 16.1 Å². The second-order valence-electron chi connectivity index (χ2n) is 11.6. The van der Waals surface area contributed by atoms with Crippen LogP contribution < -0.4 is 14.2 Å². The van der Waals surface area contributed by atoms with Gasteiger partial charge in [0.15, 0.2) is 0 Å². The van der Waals surface area contributed by atoms with Gasteiger partial charge < -0.3 is 14.6 Å². The summed E-state index contributed by atoms with van der Waals surface area (Å²) in [5, 5.41) is 11.4. The summed E-state index contributed by atoms with van der Waals surface area (Å²) in [5.41, 5.74) is 6.05. The number of hydrogen-bond donors (Lipinski definition) is 2. The van der Waals surface area contributed by atoms with E-state index >= 15 is 0 Å². The standard InChI is InChI=1S/C36H42N2O5S/c1-42-34-18-17-30-14-9-15-32(22-31(30)23-34)38(24-27-10-5-3-6-11-27)25-33(39)20-29-16-19-36(35(21-29)37-44(2,40)41)43-26-28-12-7-4-8-13-28/h3-8,10-13,16-19,21,23,32-33,37,39H,9,14-15,20,22,24-26H2,1-2H3/t32?,33-/m1/s1. The fourth-order valence-corrected chi connectivity index (χ4v) is 6.53. The maximum absolute atomic E-state index is 12.2. The Morgan fingerprint density at radius 1 is 0.909 bits per heavy atom. The third kappa shape index (κ3) is 9.08. The Hall–Kier alpha value is -3.85. The number of anilines is 1. The molecule has 2 atom stereocenters. The summed E-state index contributed by atoms with van der Waals surface area (Å²) in [7, 11) is -1.84. The number of aryl methyl sites for hydroxylation is 1. The van der Waals surface area contributed by atoms with Gasteiger partial charge in [0.1, 0.15) is 18.1 Å². The van der Waals surface area contributed by atoms with E-state index in [0.29, 0.717) is 31.0 Å². The SMILES string of the molecule is COc1ccc2c(c1)CC(N(Cc1ccccc1)C[C@H](O)Cc1ccc(OCc3ccccc3)c(NS(C)(=O)=O)c1)CCC2. The van der Waals surface area contributed by atoms with Gasteiger partial charge in [-0.15, -0.1) is 0 Å². The van der Waals surface area contributed by atoms with E-state index in [1.807, 2.05) is 48.5 Å². The lowest BCUT2D eigenvalue weighted by Gasteiger charge is -2.33. The fourth-order valence-electron chi connectivity index (χ4n) is 5.97. The Balaban J connectivity index is 1.33. The molecule has 0 fully saturated rings. The molecule has 1 aliphatic rings. The third-order valence-electron chi connectivity index (χ3n) is 8.09. The van der Waals surface area contributed by atoms with Crippen LogP contribution in [0.4, 0.5) is 5.69 Å². The van der Waals surface area contributed by atoms with Gasteiger partial charge in [0.05, 0.1) is 25.2 Å². The van der Waals surface area contributed by atoms with Crippen molar-refractivity contribution in [1.82, 2.24) is 4.90 Å². The van der Waals surface area contributed by atoms with Crippen molar-refractivity contribution in [1.29, 1.82) is 0 Å². The minimum absolute atomic E-state index is 0.259. The lowest BCUT2D eigenvalue weighted by atomic mass is 9.99. The summed E-state index contributed by atoms with van der Waals surface area (Å²) in [5.74, 6) is 1.31. The molecule has 44 heavy (non-hydrogen) atoms. The molecular formula is C36H42N2O5S. The Morgan fingerprint density at radius 2 is 1.64 bits per heavy atom. The molecule has 7 nitrogen and oxygen atoms in total. The zero-order valence-corrected chi connectivity index (χ0v) is 26.3. The summed E-state index contributed by atoms with van der Waals surface area (Å²) in [6.07, 6.45) is 4.88. The number of nitrogens with one attached hydrogen (secondary N) is 1. The van der Waals surface area contributed by atoms with Crippen LogP contribution in [0.1, 0.15) is 40.7 Å². The number of sulfonamides is 1. The normalized spacial score (nSPS) is 15.7. The lowest BCUT2D eigenvalue weighted by molar-refractivity contribution is 0.0781. The smallest absolute Gasteiger partial charge is 0.229 e. The average Bonchev–Trinajstić information content (AvgIpc) is 3.23. The highest BCUT2D eigenvalue weighted by Crippen LogP contribution is 2.30. The fraction of sp³-hybridized carbons (Fsp3) is 0.333. The molecule has 5 rings (SSSR count). The van der Waals surface area contributed by atoms with Crippen LogP contribution in [0.3, 0.4) is 0 Å². The number of nitrogens with zero attached hydrogens (tertiary/aromatic N) is 1. The molecule has 2 N–H and O–H groups in total. The first kappa shape index (κ1) is 31.6. The maximum atomic E-state index is 12.2. The quantitative estimate of drug-likeness (QED) is 0.180. The Labute approximate surface area is 261 Å². The molecule has 1 unspecified atom stereocenters. The first-order valence-corrected chi connectivity index (χ1v) is 17.0. The Morgan fingerprint density at radius 3 is 2.34 bits per heavy atom. The number of aliphatic hydroxyl groups is 1. The van der Waals surface area contributed by atoms with E-state index in [0.717, 1.165) is 55.4 Å². The minimum Gasteiger partial charge on any atom is -0.497 e. The highest BCUT2D eigenvalue weighted by atomic mass is 32.2. The molecule has 1 aliphatic carbocycles. The molecule has 0 amide bonds. The highest BCUT2D eigenvalue weighted by molar-refractivity contribution is 7.92. The van der Waals surface area contributed by atoms with Crippen LogP contribution in [0.25, 0.3) is 0 Å². The van der Waals surface area contributed by atoms with Crippen molar-refractivity contribution in [3.05, 3.63) is 125 Å². The van der Waals surface area contributed by atoms with Crippen molar-refractivity contribution >= 4 is 15.7 Å². The zero-order valence-electron chi connectivity index (χ0n) is 25.5. The van der Waals surface area contributed by atoms with E-state index in [1.54, 1.807) is 19.2 Å². The number of methoxy groups -OCH3 is 1. The van der Waals surface area contributed by atoms with Crippen molar-refractivity contribution < 1.29 is 23.0 Å². The maximum Gasteiger partial charge on any atom is 0.229 e. The first-order valence-electron chi connectivity index (χ1n) is 15.1. The van der Waals surface area contributed by atoms with Gasteiger partial charge in [-0.1, -0.05) is 72.8 Å². The van der Waals surface area contributed by atoms with E-state index in [1.165, 1.54) is 16.7 Å². The zero-order chi connectivity index (χ0) is 30.9. The second-order valence-corrected chi connectivity index (χ2v) is 13.4. The summed E-state index contributed by atoms with van der Waals surface area (Å²) in [4.78, 5) is 2.40. The molecule has 0 radical (unpaired) electrons. The van der Waals surface area contributed by atoms with E-state index in [2.05, 4.69) is 46.0 Å². The van der Waals surface area contributed by atoms with Crippen LogP contribution >= 0.6 is 0 Å². The number of rotatable bonds is 13. The first-order chi connectivity index (χ1) is 21.3. The number of hydrogen-bond acceptors (Lipinski definition) is 6. The summed E-state index contributed by atoms with van der Waals surface area (Å²) >= 11 is 0. The van der Waals surface area contributed by atoms with Gasteiger partial charge in [-0.05, 0) is 84.2 Å². The number of benzene rings is 4. The number of ether oxygens (including phenoxy) is 2. The van der Waals surface area contributed by atoms with Gasteiger partial charge in [0, 0.05) is 19.1 Å². The van der Waals surface area contributed by atoms with Crippen LogP contribution in [0.2, 0.25) is 0 Å². The summed E-state index contributed by atoms with van der Waals surface area (Å²) in [6, 6.07) is 32.2. The molecule has 0 aromatic heterocycles. The van der Waals surface area contributed by atoms with Crippen LogP contribution in [0, 0.1) is 0 Å². The highest BCUT2D eigenvalue weighted by Gasteiger charge is 2.26. The van der Waals surface area contributed by atoms with Crippen LogP contribution in [0.15, 0.2) is 97.1 Å². The van der Waals surface area contributed by atoms with Crippen molar-refractivity contribution in [3.8, 4) is 11.5 Å². The van der Waals surface area contributed by atoms with Crippen molar-refractivity contribution in [3.63, 3.8) is 0 Å². The molecule has 0 aliphatic heterocycles. The molecule has 0 saturated heterocycles. The Kier molecular flexibility index (Phi) is 10.6. The van der Waals surface area contributed by atoms with Crippen molar-refractivity contribution in [2.24, 2.45) is 0 Å². The summed E-state index contributed by atoms with van der Waals surface area (Å²) in [6.45, 7) is 1.53. The largest absolute Gasteiger partial charge is 0.497 e. The van der Waals surface area contributed by atoms with Crippen LogP contribution in [-0.4, -0.2) is 50.5 Å². The molecular weight excluding hydrogens is 572 g/mol. The molecule has 232 valence electrons. The molecule has 0 bridgehead atoms. The van der Waals surface area contributed by atoms with Gasteiger partial charge in [0.25, 0.3) is 0 Å². The second kappa shape index (κ2) is 14.8. The van der Waals surface area contributed by atoms with Crippen LogP contribution in [0.5, 0.6) is 11.5 Å². The third-order valence-corrected chi connectivity index (χ3v) is 8.68. The van der Waals surface area contributed by atoms with E-state index in [9.17, 15) is 13.5 Å². The summed E-state index contributed by atoms with van der Waals surface area (Å²) < 4.78 is 38.5. The monoisotopic (exact) mass is 614 g/mol. The Bertz CT molecular complexity index is 1610. The van der Waals surface area contributed by atoms with Crippen LogP contribution in [-0.2, 0) is 42.4 Å². The lowest BCUT2D eigenvalue weighted by Crippen LogP contribution is -2.41. The van der Waals surface area contributed by atoms with E-state index in [4.69, 9.17) is 9.47 Å². The van der Waals surface area contributed by atoms with Gasteiger partial charge in [-0.3, -0.25) is 9.62 Å². The molecule has 4 aromatic rings. The topological polar surface area (TPSA) is 88.1 Å². The van der Waals surface area contributed by atoms with E-state index in [-0.39, 0.29) is 6.04 Å². The average molecular weight is 615 g/mol. The van der Waals surface area contributed by atoms with Gasteiger partial charge in [-0.25, -0.2) is 8.42 Å². The van der Waals surface area contributed by atoms with Gasteiger partial charge >= 0.3 is 0 Å². The molecule has 0 heterocycles. The van der Waals surface area contributed by atoms with Crippen molar-refractivity contribution in [2.75, 3.05) is 24.6 Å². The minimum atomic E-state index is -3.54. The van der Waals surface area contributed by atoms with Gasteiger partial charge in [-0.2, -0.15) is 0 Å². The van der Waals surface area contributed by atoms with Crippen molar-refractivity contribution in [2.45, 2.75) is 57.4 Å². The molecule has 0 spiro atoms. The predicted octanol–water partition coefficient (Wildman–Crippen LogP) is 6.00. The number of aliphatic hydroxyl groups excluding tert-OH is 1. The van der Waals surface area contributed by atoms with Gasteiger partial charge in [0.2, 0.25) is 10.0 Å². The molecule has 4 aromatic carbocycles. The number of fused-ring (bicyclic) bond motifs is 1. The molecule has 0 saturated carbocycles. The predicted molar refractivity (Wildman–Crippen MR) is 176 cm³/mol.